The fourth-order valence-electron chi connectivity index (χ4n) is 3.28. The van der Waals surface area contributed by atoms with Crippen LogP contribution < -0.4 is 5.32 Å². The highest BCUT2D eigenvalue weighted by Crippen LogP contribution is 2.36. The standard InChI is InChI=1S/C17H35N/c1-6-7-8-9-15-12-14(2)10-11-16(15)13-18-17(3,4)5/h14-16,18H,6-13H2,1-5H3. The number of hydrogen-bond donors (Lipinski definition) is 1. The van der Waals surface area contributed by atoms with Gasteiger partial charge in [-0.1, -0.05) is 46.0 Å². The summed E-state index contributed by atoms with van der Waals surface area (Å²) in [4.78, 5) is 0. The van der Waals surface area contributed by atoms with E-state index in [1.165, 1.54) is 51.5 Å². The van der Waals surface area contributed by atoms with Crippen molar-refractivity contribution < 1.29 is 0 Å². The van der Waals surface area contributed by atoms with Crippen molar-refractivity contribution >= 4 is 0 Å². The molecule has 0 amide bonds. The lowest BCUT2D eigenvalue weighted by molar-refractivity contribution is 0.163. The molecule has 0 bridgehead atoms. The number of nitrogens with one attached hydrogen (secondary N) is 1. The lowest BCUT2D eigenvalue weighted by Gasteiger charge is -2.37. The molecule has 0 aromatic rings. The van der Waals surface area contributed by atoms with Gasteiger partial charge in [-0.25, -0.2) is 0 Å². The van der Waals surface area contributed by atoms with Gasteiger partial charge in [-0.05, 0) is 57.9 Å². The maximum atomic E-state index is 3.73. The Morgan fingerprint density at radius 1 is 1.06 bits per heavy atom. The SMILES string of the molecule is CCCCCC1CC(C)CCC1CNC(C)(C)C. The molecule has 0 spiro atoms. The van der Waals surface area contributed by atoms with Gasteiger partial charge < -0.3 is 5.32 Å². The molecule has 1 fully saturated rings. The smallest absolute Gasteiger partial charge is 0.00966 e. The normalized spacial score (nSPS) is 29.5. The zero-order chi connectivity index (χ0) is 13.6. The van der Waals surface area contributed by atoms with Crippen LogP contribution in [-0.2, 0) is 0 Å². The van der Waals surface area contributed by atoms with Crippen molar-refractivity contribution in [2.75, 3.05) is 6.54 Å². The molecule has 0 aliphatic heterocycles. The highest BCUT2D eigenvalue weighted by Gasteiger charge is 2.28. The molecule has 1 nitrogen and oxygen atoms in total. The molecule has 0 saturated heterocycles. The summed E-state index contributed by atoms with van der Waals surface area (Å²) in [6.07, 6.45) is 10.0. The van der Waals surface area contributed by atoms with E-state index in [2.05, 4.69) is 39.9 Å². The van der Waals surface area contributed by atoms with Crippen LogP contribution >= 0.6 is 0 Å². The lowest BCUT2D eigenvalue weighted by atomic mass is 9.72. The second-order valence-electron chi connectivity index (χ2n) is 7.57. The Kier molecular flexibility index (Phi) is 6.70. The van der Waals surface area contributed by atoms with Crippen molar-refractivity contribution in [1.29, 1.82) is 0 Å². The Balaban J connectivity index is 2.40. The fourth-order valence-corrected chi connectivity index (χ4v) is 3.28. The Morgan fingerprint density at radius 3 is 2.39 bits per heavy atom. The van der Waals surface area contributed by atoms with Crippen LogP contribution in [0.25, 0.3) is 0 Å². The van der Waals surface area contributed by atoms with Gasteiger partial charge >= 0.3 is 0 Å². The average Bonchev–Trinajstić information content (AvgIpc) is 2.27. The minimum Gasteiger partial charge on any atom is -0.312 e. The quantitative estimate of drug-likeness (QED) is 0.656. The second kappa shape index (κ2) is 7.53. The first kappa shape index (κ1) is 16.0. The van der Waals surface area contributed by atoms with Crippen molar-refractivity contribution in [3.63, 3.8) is 0 Å². The summed E-state index contributed by atoms with van der Waals surface area (Å²) in [6, 6.07) is 0. The van der Waals surface area contributed by atoms with Crippen LogP contribution in [0.5, 0.6) is 0 Å². The molecule has 0 heterocycles. The number of hydrogen-bond acceptors (Lipinski definition) is 1. The predicted octanol–water partition coefficient (Wildman–Crippen LogP) is 5.01. The lowest BCUT2D eigenvalue weighted by Crippen LogP contribution is -2.42. The van der Waals surface area contributed by atoms with E-state index >= 15 is 0 Å². The van der Waals surface area contributed by atoms with E-state index in [1.54, 1.807) is 0 Å². The zero-order valence-electron chi connectivity index (χ0n) is 13.4. The molecule has 1 aliphatic rings. The summed E-state index contributed by atoms with van der Waals surface area (Å²) in [5.74, 6) is 2.87. The van der Waals surface area contributed by atoms with Gasteiger partial charge in [0, 0.05) is 5.54 Å². The van der Waals surface area contributed by atoms with Gasteiger partial charge in [0.1, 0.15) is 0 Å². The van der Waals surface area contributed by atoms with Crippen LogP contribution in [0.3, 0.4) is 0 Å². The van der Waals surface area contributed by atoms with Gasteiger partial charge in [-0.15, -0.1) is 0 Å². The van der Waals surface area contributed by atoms with Gasteiger partial charge in [-0.2, -0.15) is 0 Å². The molecule has 1 heteroatoms. The van der Waals surface area contributed by atoms with Crippen molar-refractivity contribution in [1.82, 2.24) is 5.32 Å². The Hall–Kier alpha value is -0.0400. The summed E-state index contributed by atoms with van der Waals surface area (Å²) < 4.78 is 0. The fraction of sp³-hybridized carbons (Fsp3) is 1.00. The first-order valence-corrected chi connectivity index (χ1v) is 8.17. The topological polar surface area (TPSA) is 12.0 Å². The first-order chi connectivity index (χ1) is 8.42. The maximum absolute atomic E-state index is 3.73. The van der Waals surface area contributed by atoms with Crippen molar-refractivity contribution in [3.8, 4) is 0 Å². The Morgan fingerprint density at radius 2 is 1.78 bits per heavy atom. The van der Waals surface area contributed by atoms with E-state index in [9.17, 15) is 0 Å². The van der Waals surface area contributed by atoms with Crippen LogP contribution in [-0.4, -0.2) is 12.1 Å². The van der Waals surface area contributed by atoms with E-state index in [0.29, 0.717) is 0 Å². The van der Waals surface area contributed by atoms with E-state index in [1.807, 2.05) is 0 Å². The summed E-state index contributed by atoms with van der Waals surface area (Å²) in [5.41, 5.74) is 0.275. The second-order valence-corrected chi connectivity index (χ2v) is 7.57. The summed E-state index contributed by atoms with van der Waals surface area (Å²) in [5, 5.41) is 3.73. The minimum absolute atomic E-state index is 0.275. The molecule has 18 heavy (non-hydrogen) atoms. The number of unbranched alkanes of at least 4 members (excludes halogenated alkanes) is 2. The van der Waals surface area contributed by atoms with Crippen molar-refractivity contribution in [3.05, 3.63) is 0 Å². The van der Waals surface area contributed by atoms with Crippen LogP contribution in [0.4, 0.5) is 0 Å². The van der Waals surface area contributed by atoms with E-state index in [-0.39, 0.29) is 5.54 Å². The monoisotopic (exact) mass is 253 g/mol. The molecule has 3 unspecified atom stereocenters. The third-order valence-corrected chi connectivity index (χ3v) is 4.48. The van der Waals surface area contributed by atoms with Crippen LogP contribution in [0.15, 0.2) is 0 Å². The maximum Gasteiger partial charge on any atom is 0.00966 e. The van der Waals surface area contributed by atoms with Crippen LogP contribution in [0, 0.1) is 17.8 Å². The molecule has 0 aromatic heterocycles. The molecule has 1 N–H and O–H groups in total. The molecule has 1 saturated carbocycles. The van der Waals surface area contributed by atoms with Gasteiger partial charge in [0.2, 0.25) is 0 Å². The Labute approximate surface area is 115 Å². The third-order valence-electron chi connectivity index (χ3n) is 4.48. The van der Waals surface area contributed by atoms with Crippen LogP contribution in [0.2, 0.25) is 0 Å². The third kappa shape index (κ3) is 6.22. The largest absolute Gasteiger partial charge is 0.312 e. The van der Waals surface area contributed by atoms with E-state index in [4.69, 9.17) is 0 Å². The minimum atomic E-state index is 0.275. The van der Waals surface area contributed by atoms with E-state index < -0.39 is 0 Å². The molecule has 1 rings (SSSR count). The highest BCUT2D eigenvalue weighted by atomic mass is 14.9. The molecule has 0 aromatic carbocycles. The first-order valence-electron chi connectivity index (χ1n) is 8.17. The van der Waals surface area contributed by atoms with E-state index in [0.717, 1.165) is 17.8 Å². The van der Waals surface area contributed by atoms with Gasteiger partial charge in [0.15, 0.2) is 0 Å². The molecular weight excluding hydrogens is 218 g/mol. The molecular formula is C17H35N. The van der Waals surface area contributed by atoms with Gasteiger partial charge in [-0.3, -0.25) is 0 Å². The van der Waals surface area contributed by atoms with Crippen molar-refractivity contribution in [2.24, 2.45) is 17.8 Å². The van der Waals surface area contributed by atoms with Gasteiger partial charge in [0.05, 0.1) is 0 Å². The summed E-state index contributed by atoms with van der Waals surface area (Å²) >= 11 is 0. The molecule has 1 aliphatic carbocycles. The predicted molar refractivity (Wildman–Crippen MR) is 81.9 cm³/mol. The zero-order valence-corrected chi connectivity index (χ0v) is 13.4. The molecule has 0 radical (unpaired) electrons. The van der Waals surface area contributed by atoms with Crippen molar-refractivity contribution in [2.45, 2.75) is 85.1 Å². The number of rotatable bonds is 6. The highest BCUT2D eigenvalue weighted by molar-refractivity contribution is 4.82. The summed E-state index contributed by atoms with van der Waals surface area (Å²) in [6.45, 7) is 12.8. The Bertz CT molecular complexity index is 216. The average molecular weight is 253 g/mol. The van der Waals surface area contributed by atoms with Gasteiger partial charge in [0.25, 0.3) is 0 Å². The molecule has 108 valence electrons. The summed E-state index contributed by atoms with van der Waals surface area (Å²) in [7, 11) is 0. The molecule has 3 atom stereocenters. The van der Waals surface area contributed by atoms with Crippen LogP contribution in [0.1, 0.15) is 79.6 Å².